The summed E-state index contributed by atoms with van der Waals surface area (Å²) in [4.78, 5) is 7.09. The van der Waals surface area contributed by atoms with Gasteiger partial charge in [0.25, 0.3) is 0 Å². The van der Waals surface area contributed by atoms with Crippen molar-refractivity contribution in [2.24, 2.45) is 12.0 Å². The van der Waals surface area contributed by atoms with E-state index < -0.39 is 0 Å². The van der Waals surface area contributed by atoms with E-state index in [1.807, 2.05) is 30.1 Å². The number of likely N-dealkylation sites (tertiary alicyclic amines) is 1. The second-order valence-electron chi connectivity index (χ2n) is 6.49. The molecule has 1 fully saturated rings. The molecule has 0 aliphatic carbocycles. The molecule has 25 heavy (non-hydrogen) atoms. The number of hydrogen-bond acceptors (Lipinski definition) is 2. The van der Waals surface area contributed by atoms with E-state index in [-0.39, 0.29) is 5.82 Å². The molecule has 3 rings (SSSR count). The molecule has 0 bridgehead atoms. The van der Waals surface area contributed by atoms with E-state index in [0.29, 0.717) is 12.5 Å². The number of aryl methyl sites for hydroxylation is 1. The molecule has 0 radical (unpaired) electrons. The quantitative estimate of drug-likeness (QED) is 0.670. The van der Waals surface area contributed by atoms with Crippen LogP contribution in [0.15, 0.2) is 41.7 Å². The van der Waals surface area contributed by atoms with Crippen LogP contribution in [0.1, 0.15) is 30.4 Å². The van der Waals surface area contributed by atoms with Crippen LogP contribution in [-0.4, -0.2) is 46.8 Å². The second kappa shape index (κ2) is 8.14. The van der Waals surface area contributed by atoms with Crippen LogP contribution >= 0.6 is 0 Å². The monoisotopic (exact) mass is 343 g/mol. The van der Waals surface area contributed by atoms with E-state index in [4.69, 9.17) is 4.99 Å². The molecule has 1 saturated heterocycles. The molecule has 1 aliphatic heterocycles. The molecule has 1 aromatic heterocycles. The Balaban J connectivity index is 1.59. The lowest BCUT2D eigenvalue weighted by atomic mass is 10.0. The summed E-state index contributed by atoms with van der Waals surface area (Å²) in [6.45, 7) is 5.60. The first-order valence-electron chi connectivity index (χ1n) is 8.92. The van der Waals surface area contributed by atoms with Gasteiger partial charge in [-0.2, -0.15) is 5.10 Å². The summed E-state index contributed by atoms with van der Waals surface area (Å²) in [6.07, 6.45) is 6.00. The third-order valence-corrected chi connectivity index (χ3v) is 4.59. The Hall–Kier alpha value is -2.37. The van der Waals surface area contributed by atoms with E-state index in [9.17, 15) is 4.39 Å². The summed E-state index contributed by atoms with van der Waals surface area (Å²) in [5, 5.41) is 7.67. The van der Waals surface area contributed by atoms with Crippen molar-refractivity contribution in [2.75, 3.05) is 26.2 Å². The predicted molar refractivity (Wildman–Crippen MR) is 98.2 cm³/mol. The van der Waals surface area contributed by atoms with Gasteiger partial charge in [-0.15, -0.1) is 0 Å². The second-order valence-corrected chi connectivity index (χ2v) is 6.49. The highest BCUT2D eigenvalue weighted by Crippen LogP contribution is 2.26. The molecule has 1 aliphatic rings. The summed E-state index contributed by atoms with van der Waals surface area (Å²) >= 11 is 0. The number of benzene rings is 1. The number of rotatable bonds is 5. The van der Waals surface area contributed by atoms with Gasteiger partial charge in [0.2, 0.25) is 0 Å². The molecule has 6 heteroatoms. The summed E-state index contributed by atoms with van der Waals surface area (Å²) < 4.78 is 14.8. The number of hydrogen-bond donors (Lipinski definition) is 1. The molecule has 1 atom stereocenters. The van der Waals surface area contributed by atoms with Gasteiger partial charge in [0.1, 0.15) is 5.82 Å². The van der Waals surface area contributed by atoms with Crippen LogP contribution in [0.4, 0.5) is 4.39 Å². The Kier molecular flexibility index (Phi) is 5.68. The van der Waals surface area contributed by atoms with Crippen LogP contribution in [0, 0.1) is 5.82 Å². The number of nitrogens with zero attached hydrogens (tertiary/aromatic N) is 4. The van der Waals surface area contributed by atoms with Crippen molar-refractivity contribution in [2.45, 2.75) is 25.7 Å². The fourth-order valence-corrected chi connectivity index (χ4v) is 3.24. The van der Waals surface area contributed by atoms with Gasteiger partial charge < -0.3 is 10.2 Å². The first kappa shape index (κ1) is 17.5. The number of nitrogens with one attached hydrogen (secondary N) is 1. The highest BCUT2D eigenvalue weighted by Gasteiger charge is 2.26. The lowest BCUT2D eigenvalue weighted by Gasteiger charge is -2.21. The zero-order valence-corrected chi connectivity index (χ0v) is 15.0. The Morgan fingerprint density at radius 2 is 2.16 bits per heavy atom. The number of aromatic nitrogens is 2. The fourth-order valence-electron chi connectivity index (χ4n) is 3.24. The summed E-state index contributed by atoms with van der Waals surface area (Å²) in [5.74, 6) is 1.28. The maximum atomic E-state index is 13.0. The number of halogens is 1. The van der Waals surface area contributed by atoms with E-state index in [0.717, 1.165) is 44.0 Å². The third-order valence-electron chi connectivity index (χ3n) is 4.59. The Bertz CT molecular complexity index is 707. The first-order valence-corrected chi connectivity index (χ1v) is 8.92. The molecule has 0 spiro atoms. The van der Waals surface area contributed by atoms with Gasteiger partial charge in [0.05, 0.1) is 6.20 Å². The van der Waals surface area contributed by atoms with Crippen molar-refractivity contribution in [1.29, 1.82) is 0 Å². The maximum Gasteiger partial charge on any atom is 0.193 e. The van der Waals surface area contributed by atoms with Crippen molar-refractivity contribution in [3.05, 3.63) is 53.6 Å². The predicted octanol–water partition coefficient (Wildman–Crippen LogP) is 2.56. The molecule has 0 amide bonds. The van der Waals surface area contributed by atoms with Gasteiger partial charge in [-0.1, -0.05) is 12.1 Å². The van der Waals surface area contributed by atoms with E-state index >= 15 is 0 Å². The average molecular weight is 343 g/mol. The van der Waals surface area contributed by atoms with Gasteiger partial charge in [0.15, 0.2) is 5.96 Å². The molecule has 5 nitrogen and oxygen atoms in total. The Labute approximate surface area is 148 Å². The smallest absolute Gasteiger partial charge is 0.193 e. The van der Waals surface area contributed by atoms with Crippen molar-refractivity contribution in [1.82, 2.24) is 20.0 Å². The Morgan fingerprint density at radius 1 is 1.36 bits per heavy atom. The minimum Gasteiger partial charge on any atom is -0.357 e. The van der Waals surface area contributed by atoms with Crippen LogP contribution in [0.2, 0.25) is 0 Å². The lowest BCUT2D eigenvalue weighted by Crippen LogP contribution is -2.40. The Morgan fingerprint density at radius 3 is 2.84 bits per heavy atom. The van der Waals surface area contributed by atoms with Gasteiger partial charge in [-0.3, -0.25) is 9.67 Å². The highest BCUT2D eigenvalue weighted by atomic mass is 19.1. The topological polar surface area (TPSA) is 45.5 Å². The molecular weight excluding hydrogens is 317 g/mol. The van der Waals surface area contributed by atoms with Crippen molar-refractivity contribution in [3.8, 4) is 0 Å². The average Bonchev–Trinajstić information content (AvgIpc) is 3.25. The maximum absolute atomic E-state index is 13.0. The SMILES string of the molecule is CCNC(=NCCc1ccc(F)cc1)N1CCC(c2cnn(C)c2)C1. The largest absolute Gasteiger partial charge is 0.357 e. The van der Waals surface area contributed by atoms with Crippen LogP contribution in [0.3, 0.4) is 0 Å². The molecule has 0 saturated carbocycles. The summed E-state index contributed by atoms with van der Waals surface area (Å²) in [6, 6.07) is 6.66. The molecule has 134 valence electrons. The van der Waals surface area contributed by atoms with Crippen LogP contribution in [0.25, 0.3) is 0 Å². The number of aliphatic imine (C=N–C) groups is 1. The molecule has 1 unspecified atom stereocenters. The molecule has 2 aromatic rings. The van der Waals surface area contributed by atoms with Crippen LogP contribution < -0.4 is 5.32 Å². The fraction of sp³-hybridized carbons (Fsp3) is 0.474. The molecule has 1 N–H and O–H groups in total. The van der Waals surface area contributed by atoms with Gasteiger partial charge in [0, 0.05) is 45.3 Å². The van der Waals surface area contributed by atoms with Crippen LogP contribution in [0.5, 0.6) is 0 Å². The molecule has 2 heterocycles. The first-order chi connectivity index (χ1) is 12.2. The van der Waals surface area contributed by atoms with Crippen LogP contribution in [-0.2, 0) is 13.5 Å². The highest BCUT2D eigenvalue weighted by molar-refractivity contribution is 5.80. The van der Waals surface area contributed by atoms with Gasteiger partial charge >= 0.3 is 0 Å². The summed E-state index contributed by atoms with van der Waals surface area (Å²) in [7, 11) is 1.96. The normalized spacial score (nSPS) is 18.0. The molecule has 1 aromatic carbocycles. The van der Waals surface area contributed by atoms with Crippen molar-refractivity contribution < 1.29 is 4.39 Å². The standard InChI is InChI=1S/C19H26FN5/c1-3-21-19(22-10-8-15-4-6-18(20)7-5-15)25-11-9-16(14-25)17-12-23-24(2)13-17/h4-7,12-13,16H,3,8-11,14H2,1-2H3,(H,21,22). The van der Waals surface area contributed by atoms with Crippen molar-refractivity contribution in [3.63, 3.8) is 0 Å². The summed E-state index contributed by atoms with van der Waals surface area (Å²) in [5.41, 5.74) is 2.41. The van der Waals surface area contributed by atoms with E-state index in [1.165, 1.54) is 17.7 Å². The lowest BCUT2D eigenvalue weighted by molar-refractivity contribution is 0.486. The number of guanidine groups is 1. The van der Waals surface area contributed by atoms with Gasteiger partial charge in [-0.25, -0.2) is 4.39 Å². The zero-order valence-electron chi connectivity index (χ0n) is 15.0. The third kappa shape index (κ3) is 4.59. The van der Waals surface area contributed by atoms with E-state index in [2.05, 4.69) is 28.4 Å². The van der Waals surface area contributed by atoms with Crippen molar-refractivity contribution >= 4 is 5.96 Å². The van der Waals surface area contributed by atoms with Gasteiger partial charge in [-0.05, 0) is 43.0 Å². The molecular formula is C19H26FN5. The minimum atomic E-state index is -0.195. The zero-order chi connectivity index (χ0) is 17.6. The van der Waals surface area contributed by atoms with E-state index in [1.54, 1.807) is 0 Å². The minimum absolute atomic E-state index is 0.195.